The van der Waals surface area contributed by atoms with Crippen LogP contribution in [0.1, 0.15) is 42.5 Å². The van der Waals surface area contributed by atoms with Gasteiger partial charge in [0.2, 0.25) is 5.78 Å². The summed E-state index contributed by atoms with van der Waals surface area (Å²) in [5.74, 6) is -1.50. The average Bonchev–Trinajstić information content (AvgIpc) is 3.19. The number of ketones is 1. The summed E-state index contributed by atoms with van der Waals surface area (Å²) in [5, 5.41) is 11.4. The Bertz CT molecular complexity index is 1320. The maximum atomic E-state index is 13.0. The van der Waals surface area contributed by atoms with Crippen LogP contribution in [0.3, 0.4) is 0 Å². The third-order valence-electron chi connectivity index (χ3n) is 5.47. The summed E-state index contributed by atoms with van der Waals surface area (Å²) < 4.78 is 21.7. The first-order valence-electron chi connectivity index (χ1n) is 10.6. The largest absolute Gasteiger partial charge is 0.496 e. The highest BCUT2D eigenvalue weighted by molar-refractivity contribution is 5.99. The summed E-state index contributed by atoms with van der Waals surface area (Å²) in [6, 6.07) is 10.1. The summed E-state index contributed by atoms with van der Waals surface area (Å²) in [4.78, 5) is 48.1. The Morgan fingerprint density at radius 3 is 2.06 bits per heavy atom. The molecule has 0 radical (unpaired) electrons. The van der Waals surface area contributed by atoms with Crippen molar-refractivity contribution in [3.63, 3.8) is 0 Å². The van der Waals surface area contributed by atoms with Crippen LogP contribution >= 0.6 is 0 Å². The number of benzene rings is 2. The van der Waals surface area contributed by atoms with Gasteiger partial charge in [0.25, 0.3) is 0 Å². The number of rotatable bonds is 9. The summed E-state index contributed by atoms with van der Waals surface area (Å²) in [6.45, 7) is 2.99. The van der Waals surface area contributed by atoms with Crippen LogP contribution in [0.4, 0.5) is 5.69 Å². The molecule has 0 aliphatic heterocycles. The summed E-state index contributed by atoms with van der Waals surface area (Å²) in [6.07, 6.45) is 0. The van der Waals surface area contributed by atoms with E-state index in [0.29, 0.717) is 22.6 Å². The molecular formula is C25H24N2O9. The highest BCUT2D eigenvalue weighted by Crippen LogP contribution is 2.31. The zero-order valence-electron chi connectivity index (χ0n) is 20.3. The molecule has 1 aromatic heterocycles. The minimum atomic E-state index is -0.643. The molecule has 2 aromatic carbocycles. The smallest absolute Gasteiger partial charge is 0.337 e. The lowest BCUT2D eigenvalue weighted by Gasteiger charge is -2.13. The van der Waals surface area contributed by atoms with Crippen molar-refractivity contribution in [1.82, 2.24) is 4.57 Å². The van der Waals surface area contributed by atoms with E-state index in [-0.39, 0.29) is 28.3 Å². The van der Waals surface area contributed by atoms with E-state index in [0.717, 1.165) is 0 Å². The van der Waals surface area contributed by atoms with Crippen LogP contribution in [0.25, 0.3) is 5.69 Å². The molecule has 0 N–H and O–H groups in total. The van der Waals surface area contributed by atoms with Crippen molar-refractivity contribution >= 4 is 23.4 Å². The Balaban J connectivity index is 1.95. The van der Waals surface area contributed by atoms with Crippen molar-refractivity contribution in [3.05, 3.63) is 80.7 Å². The Morgan fingerprint density at radius 1 is 0.917 bits per heavy atom. The van der Waals surface area contributed by atoms with Gasteiger partial charge in [-0.1, -0.05) is 0 Å². The number of carbonyl (C=O) groups excluding carboxylic acids is 3. The Hall–Kier alpha value is -4.67. The quantitative estimate of drug-likeness (QED) is 0.187. The van der Waals surface area contributed by atoms with Crippen LogP contribution in [-0.4, -0.2) is 55.1 Å². The normalized spacial score (nSPS) is 10.5. The minimum absolute atomic E-state index is 0.0727. The molecule has 0 aliphatic carbocycles. The van der Waals surface area contributed by atoms with Crippen LogP contribution in [-0.2, 0) is 9.47 Å². The Kier molecular flexibility index (Phi) is 7.73. The van der Waals surface area contributed by atoms with Crippen LogP contribution < -0.4 is 9.47 Å². The van der Waals surface area contributed by atoms with Crippen molar-refractivity contribution in [2.24, 2.45) is 0 Å². The third kappa shape index (κ3) is 5.19. The number of ether oxygens (including phenoxy) is 4. The van der Waals surface area contributed by atoms with Gasteiger partial charge in [0.05, 0.1) is 43.4 Å². The molecule has 0 spiro atoms. The standard InChI is InChI=1S/C25H24N2O9/c1-14-8-20(22(28)13-36-23-7-6-19(33-3)12-21(23)27(31)32)15(2)26(14)18-10-16(24(29)34-4)9-17(11-18)25(30)35-5/h6-12H,13H2,1-5H3. The maximum Gasteiger partial charge on any atom is 0.337 e. The lowest BCUT2D eigenvalue weighted by Crippen LogP contribution is -2.14. The fraction of sp³-hybridized carbons (Fsp3) is 0.240. The molecule has 11 nitrogen and oxygen atoms in total. The van der Waals surface area contributed by atoms with Crippen LogP contribution in [0, 0.1) is 24.0 Å². The molecule has 1 heterocycles. The van der Waals surface area contributed by atoms with Gasteiger partial charge in [-0.2, -0.15) is 0 Å². The number of nitro benzene ring substituents is 1. The number of nitrogens with zero attached hydrogens (tertiary/aromatic N) is 2. The second kappa shape index (κ2) is 10.7. The first kappa shape index (κ1) is 25.9. The highest BCUT2D eigenvalue weighted by Gasteiger charge is 2.22. The van der Waals surface area contributed by atoms with Gasteiger partial charge in [-0.25, -0.2) is 9.59 Å². The van der Waals surface area contributed by atoms with Crippen molar-refractivity contribution in [2.75, 3.05) is 27.9 Å². The summed E-state index contributed by atoms with van der Waals surface area (Å²) >= 11 is 0. The number of esters is 2. The number of carbonyl (C=O) groups is 3. The van der Waals surface area contributed by atoms with E-state index in [2.05, 4.69) is 0 Å². The van der Waals surface area contributed by atoms with Crippen LogP contribution in [0.15, 0.2) is 42.5 Å². The predicted octanol–water partition coefficient (Wildman–Crippen LogP) is 3.85. The number of Topliss-reactive ketones (excluding diaryl/α,β-unsaturated/α-hetero) is 1. The van der Waals surface area contributed by atoms with E-state index < -0.39 is 29.3 Å². The van der Waals surface area contributed by atoms with Crippen molar-refractivity contribution in [1.29, 1.82) is 0 Å². The molecule has 36 heavy (non-hydrogen) atoms. The zero-order chi connectivity index (χ0) is 26.6. The molecule has 0 amide bonds. The number of nitro groups is 1. The summed E-state index contributed by atoms with van der Waals surface area (Å²) in [7, 11) is 3.83. The Morgan fingerprint density at radius 2 is 1.53 bits per heavy atom. The highest BCUT2D eigenvalue weighted by atomic mass is 16.6. The van der Waals surface area contributed by atoms with Crippen LogP contribution in [0.5, 0.6) is 11.5 Å². The minimum Gasteiger partial charge on any atom is -0.496 e. The van der Waals surface area contributed by atoms with Gasteiger partial charge in [0.1, 0.15) is 5.75 Å². The number of methoxy groups -OCH3 is 3. The fourth-order valence-electron chi connectivity index (χ4n) is 3.76. The van der Waals surface area contributed by atoms with Crippen molar-refractivity contribution in [2.45, 2.75) is 13.8 Å². The van der Waals surface area contributed by atoms with Gasteiger partial charge in [0.15, 0.2) is 12.4 Å². The fourth-order valence-corrected chi connectivity index (χ4v) is 3.76. The topological polar surface area (TPSA) is 136 Å². The van der Waals surface area contributed by atoms with Gasteiger partial charge >= 0.3 is 17.6 Å². The monoisotopic (exact) mass is 496 g/mol. The van der Waals surface area contributed by atoms with E-state index in [4.69, 9.17) is 18.9 Å². The van der Waals surface area contributed by atoms with Gasteiger partial charge in [-0.3, -0.25) is 14.9 Å². The van der Waals surface area contributed by atoms with E-state index in [9.17, 15) is 24.5 Å². The molecular weight excluding hydrogens is 472 g/mol. The molecule has 3 rings (SSSR count). The number of hydrogen-bond acceptors (Lipinski definition) is 9. The first-order valence-corrected chi connectivity index (χ1v) is 10.6. The number of aryl methyl sites for hydroxylation is 1. The average molecular weight is 496 g/mol. The predicted molar refractivity (Wildman–Crippen MR) is 127 cm³/mol. The zero-order valence-corrected chi connectivity index (χ0v) is 20.3. The van der Waals surface area contributed by atoms with E-state index in [1.807, 2.05) is 0 Å². The van der Waals surface area contributed by atoms with Gasteiger partial charge in [-0.05, 0) is 50.2 Å². The molecule has 3 aromatic rings. The molecule has 0 unspecified atom stereocenters. The Labute approximate surface area is 206 Å². The van der Waals surface area contributed by atoms with E-state index >= 15 is 0 Å². The molecule has 11 heteroatoms. The molecule has 0 bridgehead atoms. The third-order valence-corrected chi connectivity index (χ3v) is 5.47. The van der Waals surface area contributed by atoms with Crippen molar-refractivity contribution in [3.8, 4) is 17.2 Å². The molecule has 0 saturated heterocycles. The van der Waals surface area contributed by atoms with Gasteiger partial charge in [0, 0.05) is 22.6 Å². The molecule has 0 fully saturated rings. The SMILES string of the molecule is COC(=O)c1cc(C(=O)OC)cc(-n2c(C)cc(C(=O)COc3ccc(OC)cc3[N+](=O)[O-])c2C)c1. The number of hydrogen-bond donors (Lipinski definition) is 0. The van der Waals surface area contributed by atoms with Gasteiger partial charge in [-0.15, -0.1) is 0 Å². The second-order valence-electron chi connectivity index (χ2n) is 7.67. The number of aromatic nitrogens is 1. The van der Waals surface area contributed by atoms with E-state index in [1.54, 1.807) is 24.5 Å². The first-order chi connectivity index (χ1) is 17.1. The van der Waals surface area contributed by atoms with Crippen LogP contribution in [0.2, 0.25) is 0 Å². The molecule has 0 atom stereocenters. The van der Waals surface area contributed by atoms with Gasteiger partial charge < -0.3 is 23.5 Å². The second-order valence-corrected chi connectivity index (χ2v) is 7.67. The maximum absolute atomic E-state index is 13.0. The van der Waals surface area contributed by atoms with E-state index in [1.165, 1.54) is 57.7 Å². The lowest BCUT2D eigenvalue weighted by atomic mass is 10.1. The molecule has 0 aliphatic rings. The van der Waals surface area contributed by atoms with Crippen molar-refractivity contribution < 1.29 is 38.3 Å². The molecule has 0 saturated carbocycles. The lowest BCUT2D eigenvalue weighted by molar-refractivity contribution is -0.385. The summed E-state index contributed by atoms with van der Waals surface area (Å²) in [5.41, 5.74) is 1.84. The molecule has 188 valence electrons.